The van der Waals surface area contributed by atoms with E-state index in [9.17, 15) is 29.4 Å². The highest BCUT2D eigenvalue weighted by Crippen LogP contribution is 2.41. The Morgan fingerprint density at radius 1 is 0.606 bits per heavy atom. The molecule has 6 heterocycles. The van der Waals surface area contributed by atoms with Crippen LogP contribution in [0.25, 0.3) is 0 Å². The molecule has 2 aliphatic carbocycles. The molecular weight excluding hydrogens is 911 g/mol. The normalized spacial score (nSPS) is 19.8. The van der Waals surface area contributed by atoms with Crippen LogP contribution in [0.1, 0.15) is 141 Å². The number of hydrogen-bond acceptors (Lipinski definition) is 9. The van der Waals surface area contributed by atoms with Crippen LogP contribution in [0.2, 0.25) is 0 Å². The van der Waals surface area contributed by atoms with Crippen LogP contribution in [0.5, 0.6) is 0 Å². The monoisotopic (exact) mass is 983 g/mol. The van der Waals surface area contributed by atoms with Gasteiger partial charge in [-0.3, -0.25) is 23.7 Å². The number of likely N-dealkylation sites (tertiary alicyclic amines) is 3. The van der Waals surface area contributed by atoms with Gasteiger partial charge in [-0.15, -0.1) is 0 Å². The second-order valence-corrected chi connectivity index (χ2v) is 20.6. The van der Waals surface area contributed by atoms with Gasteiger partial charge in [0.2, 0.25) is 11.8 Å². The first kappa shape index (κ1) is 51.8. The van der Waals surface area contributed by atoms with Crippen molar-refractivity contribution in [1.29, 1.82) is 0 Å². The Hall–Kier alpha value is -5.52. The number of aliphatic hydroxyl groups excluding tert-OH is 2. The molecule has 0 bridgehead atoms. The van der Waals surface area contributed by atoms with Gasteiger partial charge in [-0.25, -0.2) is 13.6 Å². The molecule has 15 nitrogen and oxygen atoms in total. The third-order valence-corrected chi connectivity index (χ3v) is 16.0. The number of aromatic nitrogens is 4. The third kappa shape index (κ3) is 11.4. The molecule has 2 aromatic heterocycles. The first-order valence-corrected chi connectivity index (χ1v) is 25.8. The van der Waals surface area contributed by atoms with Gasteiger partial charge in [0.1, 0.15) is 24.4 Å². The van der Waals surface area contributed by atoms with Crippen molar-refractivity contribution < 1.29 is 43.3 Å². The minimum atomic E-state index is -1.42. The van der Waals surface area contributed by atoms with E-state index in [4.69, 9.17) is 5.11 Å². The molecule has 384 valence electrons. The number of benzene rings is 2. The van der Waals surface area contributed by atoms with E-state index in [0.717, 1.165) is 114 Å². The topological polar surface area (TPSA) is 186 Å². The molecule has 4 N–H and O–H groups in total. The highest BCUT2D eigenvalue weighted by Gasteiger charge is 2.41. The van der Waals surface area contributed by atoms with Gasteiger partial charge in [-0.1, -0.05) is 36.4 Å². The van der Waals surface area contributed by atoms with E-state index >= 15 is 8.78 Å². The predicted molar refractivity (Wildman–Crippen MR) is 264 cm³/mol. The standard InChI is InChI=1S/C27H35FN4O3.C22H26FN3O3.C5H11NO/c1-18-5-3-7-22(19(18)2)27(28)11-15-30(16-12-27)24(34)17-32-23-8-4-6-21(23)25(29-32)26(35)31-13-9-20(33)10-14-31;1-14-5-3-7-17(15(14)2)22(23)9-11-25(12-10-22)19(27)13-26-18-8-4-6-16(18)20(24-26)21(28)29;7-5-1-3-6-4-2-5/h3,5,7,20,33H,4,6,8-17H2,1-2H3;3,5,7H,4,6,8-13H2,1-2H3,(H,28,29);5-7H,1-4H2. The number of carbonyl (C=O) groups is 4. The highest BCUT2D eigenvalue weighted by atomic mass is 19.1. The smallest absolute Gasteiger partial charge is 0.356 e. The number of amides is 3. The van der Waals surface area contributed by atoms with Crippen molar-refractivity contribution in [2.24, 2.45) is 0 Å². The number of aryl methyl sites for hydroxylation is 2. The van der Waals surface area contributed by atoms with Crippen LogP contribution in [0.3, 0.4) is 0 Å². The summed E-state index contributed by atoms with van der Waals surface area (Å²) in [5.74, 6) is -1.37. The van der Waals surface area contributed by atoms with E-state index in [0.29, 0.717) is 64.2 Å². The predicted octanol–water partition coefficient (Wildman–Crippen LogP) is 5.98. The van der Waals surface area contributed by atoms with Crippen LogP contribution in [0.4, 0.5) is 8.78 Å². The fraction of sp³-hybridized carbons (Fsp3) is 0.593. The number of nitrogens with one attached hydrogen (secondary N) is 1. The molecular formula is C54H72F2N8O7. The molecule has 2 aromatic carbocycles. The summed E-state index contributed by atoms with van der Waals surface area (Å²) in [6.07, 6.45) is 8.61. The summed E-state index contributed by atoms with van der Waals surface area (Å²) in [6.45, 7) is 12.4. The SMILES string of the molecule is Cc1cccc(C2(F)CCN(C(=O)Cn3nc(C(=O)N4CCC(O)CC4)c4c3CCC4)CC2)c1C.Cc1cccc(C2(F)CCN(C(=O)Cn3nc(C(=O)O)c4c3CCC4)CC2)c1C.OC1CCNCC1. The average molecular weight is 983 g/mol. The summed E-state index contributed by atoms with van der Waals surface area (Å²) < 4.78 is 34.8. The van der Waals surface area contributed by atoms with Gasteiger partial charge in [0.05, 0.1) is 12.2 Å². The lowest BCUT2D eigenvalue weighted by molar-refractivity contribution is -0.135. The summed E-state index contributed by atoms with van der Waals surface area (Å²) in [5, 5.41) is 39.9. The largest absolute Gasteiger partial charge is 0.476 e. The number of aliphatic hydroxyl groups is 2. The molecule has 3 amide bonds. The number of fused-ring (bicyclic) bond motifs is 2. The van der Waals surface area contributed by atoms with Gasteiger partial charge < -0.3 is 35.3 Å². The second kappa shape index (κ2) is 22.1. The molecule has 4 saturated heterocycles. The Morgan fingerprint density at radius 3 is 1.45 bits per heavy atom. The van der Waals surface area contributed by atoms with E-state index in [2.05, 4.69) is 15.5 Å². The molecule has 4 aromatic rings. The summed E-state index contributed by atoms with van der Waals surface area (Å²) >= 11 is 0. The maximum Gasteiger partial charge on any atom is 0.356 e. The van der Waals surface area contributed by atoms with Crippen LogP contribution in [0, 0.1) is 27.7 Å². The van der Waals surface area contributed by atoms with Gasteiger partial charge >= 0.3 is 5.97 Å². The maximum atomic E-state index is 15.9. The van der Waals surface area contributed by atoms with Crippen molar-refractivity contribution in [3.8, 4) is 0 Å². The molecule has 0 atom stereocenters. The minimum Gasteiger partial charge on any atom is -0.476 e. The molecule has 4 fully saturated rings. The van der Waals surface area contributed by atoms with Crippen LogP contribution in [0.15, 0.2) is 36.4 Å². The van der Waals surface area contributed by atoms with Crippen molar-refractivity contribution in [3.05, 3.63) is 104 Å². The Kier molecular flexibility index (Phi) is 16.1. The van der Waals surface area contributed by atoms with Gasteiger partial charge in [0.25, 0.3) is 5.91 Å². The lowest BCUT2D eigenvalue weighted by atomic mass is 9.82. The van der Waals surface area contributed by atoms with Crippen molar-refractivity contribution in [2.45, 2.75) is 154 Å². The molecule has 6 aliphatic rings. The molecule has 17 heteroatoms. The van der Waals surface area contributed by atoms with Crippen molar-refractivity contribution in [3.63, 3.8) is 0 Å². The van der Waals surface area contributed by atoms with Crippen molar-refractivity contribution in [1.82, 2.24) is 39.6 Å². The fourth-order valence-corrected chi connectivity index (χ4v) is 11.3. The number of halogens is 2. The van der Waals surface area contributed by atoms with Crippen LogP contribution < -0.4 is 5.32 Å². The quantitative estimate of drug-likeness (QED) is 0.164. The number of aromatic carboxylic acids is 1. The van der Waals surface area contributed by atoms with E-state index in [1.807, 2.05) is 64.1 Å². The van der Waals surface area contributed by atoms with E-state index in [-0.39, 0.29) is 74.4 Å². The number of carbonyl (C=O) groups excluding carboxylic acids is 3. The summed E-state index contributed by atoms with van der Waals surface area (Å²) in [5.41, 5.74) is 6.79. The first-order chi connectivity index (χ1) is 34.0. The number of alkyl halides is 2. The van der Waals surface area contributed by atoms with Gasteiger partial charge in [-0.2, -0.15) is 10.2 Å². The number of rotatable bonds is 8. The number of piperidine rings is 4. The lowest BCUT2D eigenvalue weighted by Crippen LogP contribution is -2.45. The van der Waals surface area contributed by atoms with Gasteiger partial charge in [-0.05, 0) is 138 Å². The number of nitrogens with zero attached hydrogens (tertiary/aromatic N) is 7. The summed E-state index contributed by atoms with van der Waals surface area (Å²) in [6, 6.07) is 11.5. The Morgan fingerprint density at radius 2 is 1.03 bits per heavy atom. The third-order valence-electron chi connectivity index (χ3n) is 16.0. The number of carboxylic acids is 1. The maximum absolute atomic E-state index is 15.9. The Balaban J connectivity index is 0.000000169. The zero-order valence-corrected chi connectivity index (χ0v) is 42.0. The fourth-order valence-electron chi connectivity index (χ4n) is 11.3. The summed E-state index contributed by atoms with van der Waals surface area (Å²) in [7, 11) is 0. The van der Waals surface area contributed by atoms with Crippen molar-refractivity contribution in [2.75, 3.05) is 52.4 Å². The zero-order chi connectivity index (χ0) is 50.6. The average Bonchev–Trinajstić information content (AvgIpc) is 4.17. The molecule has 0 radical (unpaired) electrons. The second-order valence-electron chi connectivity index (χ2n) is 20.6. The van der Waals surface area contributed by atoms with Gasteiger partial charge in [0, 0.05) is 87.5 Å². The molecule has 0 unspecified atom stereocenters. The molecule has 0 saturated carbocycles. The minimum absolute atomic E-state index is 0.0123. The van der Waals surface area contributed by atoms with Crippen molar-refractivity contribution >= 4 is 23.7 Å². The zero-order valence-electron chi connectivity index (χ0n) is 42.0. The molecule has 4 aliphatic heterocycles. The summed E-state index contributed by atoms with van der Waals surface area (Å²) in [4.78, 5) is 55.7. The highest BCUT2D eigenvalue weighted by molar-refractivity contribution is 5.94. The van der Waals surface area contributed by atoms with E-state index < -0.39 is 17.3 Å². The molecule has 10 rings (SSSR count). The Bertz CT molecular complexity index is 2580. The Labute approximate surface area is 415 Å². The lowest BCUT2D eigenvalue weighted by Gasteiger charge is -2.37. The molecule has 71 heavy (non-hydrogen) atoms. The van der Waals surface area contributed by atoms with Crippen LogP contribution in [-0.2, 0) is 59.7 Å². The number of hydrogen-bond donors (Lipinski definition) is 4. The van der Waals surface area contributed by atoms with Gasteiger partial charge in [0.15, 0.2) is 11.4 Å². The van der Waals surface area contributed by atoms with E-state index in [1.165, 1.54) is 4.68 Å². The van der Waals surface area contributed by atoms with Crippen LogP contribution >= 0.6 is 0 Å². The van der Waals surface area contributed by atoms with E-state index in [1.54, 1.807) is 19.4 Å². The van der Waals surface area contributed by atoms with Crippen LogP contribution in [-0.4, -0.2) is 138 Å². The molecule has 0 spiro atoms. The number of carboxylic acid groups (broad SMARTS) is 1. The first-order valence-electron chi connectivity index (χ1n) is 25.8.